The zero-order chi connectivity index (χ0) is 33.7. The highest BCUT2D eigenvalue weighted by molar-refractivity contribution is 6.17. The summed E-state index contributed by atoms with van der Waals surface area (Å²) in [6.07, 6.45) is 0. The average molecular weight is 655 g/mol. The highest BCUT2D eigenvalue weighted by atomic mass is 16.4. The van der Waals surface area contributed by atoms with Crippen molar-refractivity contribution >= 4 is 60.9 Å². The summed E-state index contributed by atoms with van der Waals surface area (Å²) >= 11 is 0. The van der Waals surface area contributed by atoms with Crippen LogP contribution in [0.2, 0.25) is 0 Å². The molecule has 0 saturated carbocycles. The Bertz CT molecular complexity index is 2850. The lowest BCUT2D eigenvalue weighted by atomic mass is 9.99. The Morgan fingerprint density at radius 2 is 1.10 bits per heavy atom. The van der Waals surface area contributed by atoms with Crippen molar-refractivity contribution in [1.82, 2.24) is 4.98 Å². The van der Waals surface area contributed by atoms with E-state index >= 15 is 0 Å². The number of hydrogen-bond acceptors (Lipinski definition) is 4. The van der Waals surface area contributed by atoms with Crippen molar-refractivity contribution < 1.29 is 8.83 Å². The van der Waals surface area contributed by atoms with Crippen LogP contribution in [0.15, 0.2) is 191 Å². The molecule has 0 N–H and O–H groups in total. The van der Waals surface area contributed by atoms with Crippen LogP contribution in [-0.4, -0.2) is 4.98 Å². The molecule has 0 radical (unpaired) electrons. The van der Waals surface area contributed by atoms with E-state index in [0.29, 0.717) is 5.89 Å². The van der Waals surface area contributed by atoms with E-state index in [4.69, 9.17) is 13.8 Å². The minimum atomic E-state index is 0.591. The number of aromatic nitrogens is 1. The molecule has 8 aromatic carbocycles. The summed E-state index contributed by atoms with van der Waals surface area (Å²) in [5, 5.41) is 4.36. The van der Waals surface area contributed by atoms with Gasteiger partial charge in [0, 0.05) is 27.9 Å². The first-order valence-electron chi connectivity index (χ1n) is 17.1. The van der Waals surface area contributed by atoms with Crippen LogP contribution >= 0.6 is 0 Å². The molecule has 0 fully saturated rings. The maximum absolute atomic E-state index is 6.48. The molecule has 0 unspecified atom stereocenters. The summed E-state index contributed by atoms with van der Waals surface area (Å²) in [5.41, 5.74) is 11.8. The zero-order valence-corrected chi connectivity index (χ0v) is 27.5. The molecule has 10 rings (SSSR count). The summed E-state index contributed by atoms with van der Waals surface area (Å²) in [7, 11) is 0. The van der Waals surface area contributed by atoms with Crippen LogP contribution in [0.25, 0.3) is 77.5 Å². The molecule has 0 saturated heterocycles. The zero-order valence-electron chi connectivity index (χ0n) is 27.5. The minimum absolute atomic E-state index is 0.591. The van der Waals surface area contributed by atoms with E-state index in [1.54, 1.807) is 0 Å². The lowest BCUT2D eigenvalue weighted by Crippen LogP contribution is -2.11. The second kappa shape index (κ2) is 11.9. The van der Waals surface area contributed by atoms with Crippen molar-refractivity contribution in [3.05, 3.63) is 182 Å². The number of anilines is 3. The van der Waals surface area contributed by atoms with E-state index in [-0.39, 0.29) is 0 Å². The fraction of sp³-hybridized carbons (Fsp3) is 0. The second-order valence-electron chi connectivity index (χ2n) is 12.8. The number of hydrogen-bond donors (Lipinski definition) is 0. The van der Waals surface area contributed by atoms with Crippen molar-refractivity contribution in [3.8, 4) is 33.7 Å². The monoisotopic (exact) mass is 654 g/mol. The number of fused-ring (bicyclic) bond motifs is 6. The van der Waals surface area contributed by atoms with Crippen molar-refractivity contribution in [2.45, 2.75) is 0 Å². The lowest BCUT2D eigenvalue weighted by Gasteiger charge is -2.28. The van der Waals surface area contributed by atoms with E-state index in [0.717, 1.165) is 66.8 Å². The Morgan fingerprint density at radius 3 is 1.92 bits per heavy atom. The standard InChI is InChI=1S/C47H30N2O2/c1-3-12-33(13-4-1)39-17-9-10-18-42(39)49(37-23-21-32(22-24-37)36-20-19-31-11-7-8-16-35(31)29-36)38-25-27-43-40(30-38)45-44(50-43)28-26-41-46(45)51-47(48-41)34-14-5-2-6-15-34/h1-30H. The largest absolute Gasteiger partial charge is 0.456 e. The average Bonchev–Trinajstić information content (AvgIpc) is 3.81. The molecule has 0 spiro atoms. The van der Waals surface area contributed by atoms with Gasteiger partial charge in [0.2, 0.25) is 5.89 Å². The third-order valence-electron chi connectivity index (χ3n) is 9.69. The van der Waals surface area contributed by atoms with Crippen LogP contribution in [0.3, 0.4) is 0 Å². The molecule has 51 heavy (non-hydrogen) atoms. The Labute approximate surface area is 294 Å². The van der Waals surface area contributed by atoms with Gasteiger partial charge >= 0.3 is 0 Å². The van der Waals surface area contributed by atoms with Gasteiger partial charge in [-0.05, 0) is 94.2 Å². The molecule has 240 valence electrons. The van der Waals surface area contributed by atoms with Crippen molar-refractivity contribution in [3.63, 3.8) is 0 Å². The van der Waals surface area contributed by atoms with Crippen LogP contribution < -0.4 is 4.90 Å². The molecule has 4 nitrogen and oxygen atoms in total. The fourth-order valence-corrected chi connectivity index (χ4v) is 7.21. The summed E-state index contributed by atoms with van der Waals surface area (Å²) in [6.45, 7) is 0. The topological polar surface area (TPSA) is 42.4 Å². The van der Waals surface area contributed by atoms with Crippen LogP contribution in [0, 0.1) is 0 Å². The van der Waals surface area contributed by atoms with Gasteiger partial charge in [-0.25, -0.2) is 4.98 Å². The molecule has 2 heterocycles. The predicted octanol–water partition coefficient (Wildman–Crippen LogP) is 13.4. The number of furan rings is 1. The predicted molar refractivity (Wildman–Crippen MR) is 210 cm³/mol. The summed E-state index contributed by atoms with van der Waals surface area (Å²) in [5.74, 6) is 0.591. The number of benzene rings is 8. The molecular formula is C47H30N2O2. The molecule has 10 aromatic rings. The van der Waals surface area contributed by atoms with Crippen molar-refractivity contribution in [2.75, 3.05) is 4.90 Å². The van der Waals surface area contributed by atoms with Gasteiger partial charge in [0.05, 0.1) is 11.1 Å². The van der Waals surface area contributed by atoms with Crippen LogP contribution in [0.5, 0.6) is 0 Å². The van der Waals surface area contributed by atoms with Crippen LogP contribution in [0.1, 0.15) is 0 Å². The van der Waals surface area contributed by atoms with E-state index < -0.39 is 0 Å². The molecule has 4 heteroatoms. The van der Waals surface area contributed by atoms with Gasteiger partial charge in [-0.15, -0.1) is 0 Å². The summed E-state index contributed by atoms with van der Waals surface area (Å²) < 4.78 is 12.9. The number of oxazole rings is 1. The number of nitrogens with zero attached hydrogens (tertiary/aromatic N) is 2. The SMILES string of the molecule is c1ccc(-c2nc3ccc4oc5ccc(N(c6ccc(-c7ccc8ccccc8c7)cc6)c6ccccc6-c6ccccc6)cc5c4c3o2)cc1. The van der Waals surface area contributed by atoms with Gasteiger partial charge in [-0.2, -0.15) is 0 Å². The first kappa shape index (κ1) is 29.0. The van der Waals surface area contributed by atoms with E-state index in [1.165, 1.54) is 21.9 Å². The Morgan fingerprint density at radius 1 is 0.431 bits per heavy atom. The third-order valence-corrected chi connectivity index (χ3v) is 9.69. The first-order valence-corrected chi connectivity index (χ1v) is 17.1. The lowest BCUT2D eigenvalue weighted by molar-refractivity contribution is 0.622. The summed E-state index contributed by atoms with van der Waals surface area (Å²) in [6, 6.07) is 63.5. The van der Waals surface area contributed by atoms with Gasteiger partial charge in [0.1, 0.15) is 16.7 Å². The molecule has 0 atom stereocenters. The van der Waals surface area contributed by atoms with Gasteiger partial charge in [-0.3, -0.25) is 0 Å². The Kier molecular flexibility index (Phi) is 6.78. The maximum atomic E-state index is 6.48. The summed E-state index contributed by atoms with van der Waals surface area (Å²) in [4.78, 5) is 7.18. The van der Waals surface area contributed by atoms with Gasteiger partial charge < -0.3 is 13.7 Å². The van der Waals surface area contributed by atoms with Gasteiger partial charge in [0.15, 0.2) is 5.58 Å². The van der Waals surface area contributed by atoms with Crippen molar-refractivity contribution in [2.24, 2.45) is 0 Å². The molecule has 0 aliphatic rings. The third kappa shape index (κ3) is 5.04. The first-order chi connectivity index (χ1) is 25.3. The van der Waals surface area contributed by atoms with Crippen molar-refractivity contribution in [1.29, 1.82) is 0 Å². The quantitative estimate of drug-likeness (QED) is 0.179. The highest BCUT2D eigenvalue weighted by Gasteiger charge is 2.21. The molecule has 0 amide bonds. The smallest absolute Gasteiger partial charge is 0.227 e. The van der Waals surface area contributed by atoms with E-state index in [2.05, 4.69) is 144 Å². The number of para-hydroxylation sites is 1. The maximum Gasteiger partial charge on any atom is 0.227 e. The van der Waals surface area contributed by atoms with Gasteiger partial charge in [-0.1, -0.05) is 115 Å². The highest BCUT2D eigenvalue weighted by Crippen LogP contribution is 2.44. The Balaban J connectivity index is 1.15. The van der Waals surface area contributed by atoms with E-state index in [9.17, 15) is 0 Å². The fourth-order valence-electron chi connectivity index (χ4n) is 7.21. The molecular weight excluding hydrogens is 625 g/mol. The molecule has 0 aliphatic heterocycles. The van der Waals surface area contributed by atoms with Crippen LogP contribution in [-0.2, 0) is 0 Å². The number of rotatable bonds is 6. The van der Waals surface area contributed by atoms with Gasteiger partial charge in [0.25, 0.3) is 0 Å². The molecule has 0 bridgehead atoms. The van der Waals surface area contributed by atoms with E-state index in [1.807, 2.05) is 42.5 Å². The Hall–Kier alpha value is -6.91. The molecule has 0 aliphatic carbocycles. The normalized spacial score (nSPS) is 11.5. The second-order valence-corrected chi connectivity index (χ2v) is 12.8. The van der Waals surface area contributed by atoms with Crippen LogP contribution in [0.4, 0.5) is 17.1 Å². The molecule has 2 aromatic heterocycles. The minimum Gasteiger partial charge on any atom is -0.456 e.